The molecular weight excluding hydrogens is 288 g/mol. The van der Waals surface area contributed by atoms with Crippen molar-refractivity contribution in [2.24, 2.45) is 0 Å². The van der Waals surface area contributed by atoms with Gasteiger partial charge in [0.1, 0.15) is 0 Å². The Bertz CT molecular complexity index is 574. The first-order valence-electron chi connectivity index (χ1n) is 7.53. The van der Waals surface area contributed by atoms with Crippen molar-refractivity contribution in [3.8, 4) is 0 Å². The first kappa shape index (κ1) is 16.2. The number of rotatable bonds is 5. The maximum Gasteiger partial charge on any atom is 0.0791 e. The van der Waals surface area contributed by atoms with Crippen LogP contribution >= 0.6 is 0 Å². The Morgan fingerprint density at radius 3 is 1.67 bits per heavy atom. The third-order valence-corrected chi connectivity index (χ3v) is 22.8. The summed E-state index contributed by atoms with van der Waals surface area (Å²) in [7, 11) is -1.22. The van der Waals surface area contributed by atoms with Crippen molar-refractivity contribution in [1.29, 1.82) is 0 Å². The van der Waals surface area contributed by atoms with Crippen molar-refractivity contribution < 1.29 is 4.74 Å². The Kier molecular flexibility index (Phi) is 4.86. The number of methoxy groups -OCH3 is 1. The summed E-state index contributed by atoms with van der Waals surface area (Å²) in [4.78, 5) is 0. The van der Waals surface area contributed by atoms with Gasteiger partial charge in [-0.3, -0.25) is 0 Å². The van der Waals surface area contributed by atoms with Gasteiger partial charge < -0.3 is 4.74 Å². The van der Waals surface area contributed by atoms with Crippen molar-refractivity contribution in [2.45, 2.75) is 32.8 Å². The molecule has 0 aromatic heterocycles. The van der Waals surface area contributed by atoms with Gasteiger partial charge in [-0.15, -0.1) is 0 Å². The molecule has 0 atom stereocenters. The molecule has 1 nitrogen and oxygen atoms in total. The summed E-state index contributed by atoms with van der Waals surface area (Å²) in [6.07, 6.45) is 0. The fourth-order valence-corrected chi connectivity index (χ4v) is 11.6. The first-order valence-corrected chi connectivity index (χ1v) is 14.5. The van der Waals surface area contributed by atoms with Crippen LogP contribution in [0.1, 0.15) is 5.56 Å². The van der Waals surface area contributed by atoms with Gasteiger partial charge in [0.15, 0.2) is 0 Å². The van der Waals surface area contributed by atoms with Crippen molar-refractivity contribution in [1.82, 2.24) is 0 Å². The molecular formula is C18H26OSi2. The van der Waals surface area contributed by atoms with Crippen LogP contribution in [0.4, 0.5) is 0 Å². The van der Waals surface area contributed by atoms with E-state index in [1.807, 2.05) is 0 Å². The average molecular weight is 315 g/mol. The second-order valence-electron chi connectivity index (χ2n) is 6.75. The third-order valence-electron chi connectivity index (χ3n) is 5.04. The van der Waals surface area contributed by atoms with E-state index in [0.29, 0.717) is 6.61 Å². The minimum Gasteiger partial charge on any atom is -0.380 e. The van der Waals surface area contributed by atoms with Gasteiger partial charge in [0.25, 0.3) is 0 Å². The summed E-state index contributed by atoms with van der Waals surface area (Å²) in [5, 5.41) is 3.13. The van der Waals surface area contributed by atoms with Gasteiger partial charge in [-0.25, -0.2) is 0 Å². The monoisotopic (exact) mass is 314 g/mol. The molecule has 0 saturated carbocycles. The van der Waals surface area contributed by atoms with Crippen molar-refractivity contribution in [3.63, 3.8) is 0 Å². The largest absolute Gasteiger partial charge is 0.380 e. The van der Waals surface area contributed by atoms with Crippen LogP contribution in [0.25, 0.3) is 0 Å². The van der Waals surface area contributed by atoms with Crippen LogP contribution in [-0.2, 0) is 11.3 Å². The van der Waals surface area contributed by atoms with Gasteiger partial charge in [-0.05, 0) is 5.56 Å². The molecule has 0 bridgehead atoms. The quantitative estimate of drug-likeness (QED) is 0.768. The van der Waals surface area contributed by atoms with Gasteiger partial charge in [0, 0.05) is 7.11 Å². The van der Waals surface area contributed by atoms with Gasteiger partial charge >= 0.3 is 0 Å². The minimum absolute atomic E-state index is 0.696. The van der Waals surface area contributed by atoms with Crippen LogP contribution in [0.3, 0.4) is 0 Å². The summed E-state index contributed by atoms with van der Waals surface area (Å²) in [5.41, 5.74) is 1.25. The van der Waals surface area contributed by atoms with E-state index < -0.39 is 15.2 Å². The number of ether oxygens (including phenoxy) is 1. The molecule has 0 fully saturated rings. The first-order chi connectivity index (χ1) is 9.89. The summed E-state index contributed by atoms with van der Waals surface area (Å²) in [6.45, 7) is 10.8. The minimum atomic E-state index is -1.50. The van der Waals surface area contributed by atoms with E-state index in [2.05, 4.69) is 80.8 Å². The summed E-state index contributed by atoms with van der Waals surface area (Å²) < 4.78 is 5.21. The molecule has 0 unspecified atom stereocenters. The molecule has 2 rings (SSSR count). The summed E-state index contributed by atoms with van der Waals surface area (Å²) >= 11 is 0. The Morgan fingerprint density at radius 1 is 0.714 bits per heavy atom. The van der Waals surface area contributed by atoms with E-state index in [9.17, 15) is 0 Å². The number of hydrogen-bond donors (Lipinski definition) is 0. The van der Waals surface area contributed by atoms with Crippen LogP contribution in [0, 0.1) is 0 Å². The third kappa shape index (κ3) is 3.20. The maximum atomic E-state index is 5.21. The van der Waals surface area contributed by atoms with E-state index in [0.717, 1.165) is 0 Å². The highest BCUT2D eigenvalue weighted by molar-refractivity contribution is 7.49. The zero-order valence-electron chi connectivity index (χ0n) is 13.8. The van der Waals surface area contributed by atoms with Gasteiger partial charge in [-0.2, -0.15) is 0 Å². The molecule has 112 valence electrons. The lowest BCUT2D eigenvalue weighted by Crippen LogP contribution is -2.69. The molecule has 0 aliphatic heterocycles. The molecule has 0 radical (unpaired) electrons. The zero-order chi connectivity index (χ0) is 15.5. The Balaban J connectivity index is 2.36. The predicted molar refractivity (Wildman–Crippen MR) is 97.8 cm³/mol. The average Bonchev–Trinajstić information content (AvgIpc) is 2.49. The zero-order valence-corrected chi connectivity index (χ0v) is 15.8. The fraction of sp³-hybridized carbons (Fsp3) is 0.333. The van der Waals surface area contributed by atoms with Crippen molar-refractivity contribution >= 4 is 25.6 Å². The second-order valence-corrected chi connectivity index (χ2v) is 21.9. The van der Waals surface area contributed by atoms with Crippen molar-refractivity contribution in [2.75, 3.05) is 7.11 Å². The Morgan fingerprint density at radius 2 is 1.19 bits per heavy atom. The SMILES string of the molecule is COCc1ccc([Si](C)(C)[Si](C)(C)c2ccccc2)cc1. The molecule has 21 heavy (non-hydrogen) atoms. The lowest BCUT2D eigenvalue weighted by molar-refractivity contribution is 0.185. The maximum absolute atomic E-state index is 5.21. The predicted octanol–water partition coefficient (Wildman–Crippen LogP) is 3.44. The van der Waals surface area contributed by atoms with Crippen LogP contribution in [0.5, 0.6) is 0 Å². The second kappa shape index (κ2) is 6.30. The molecule has 0 aliphatic rings. The number of hydrogen-bond acceptors (Lipinski definition) is 1. The van der Waals surface area contributed by atoms with Crippen LogP contribution in [0.2, 0.25) is 26.2 Å². The molecule has 0 heterocycles. The van der Waals surface area contributed by atoms with E-state index in [-0.39, 0.29) is 0 Å². The van der Waals surface area contributed by atoms with E-state index in [4.69, 9.17) is 4.74 Å². The normalized spacial score (nSPS) is 12.4. The summed E-state index contributed by atoms with van der Waals surface area (Å²) in [6, 6.07) is 20.2. The molecule has 2 aromatic carbocycles. The molecule has 0 amide bonds. The molecule has 2 aromatic rings. The molecule has 0 spiro atoms. The molecule has 0 aliphatic carbocycles. The lowest BCUT2D eigenvalue weighted by atomic mass is 10.2. The standard InChI is InChI=1S/C18H26OSi2/c1-19-15-16-11-13-18(14-12-16)21(4,5)20(2,3)17-9-7-6-8-10-17/h6-14H,15H2,1-5H3. The van der Waals surface area contributed by atoms with Gasteiger partial charge in [0.05, 0.1) is 21.8 Å². The van der Waals surface area contributed by atoms with Crippen LogP contribution in [-0.4, -0.2) is 22.3 Å². The highest BCUT2D eigenvalue weighted by Crippen LogP contribution is 2.19. The van der Waals surface area contributed by atoms with E-state index in [1.165, 1.54) is 5.56 Å². The highest BCUT2D eigenvalue weighted by Gasteiger charge is 2.43. The molecule has 3 heteroatoms. The Labute approximate surface area is 130 Å². The van der Waals surface area contributed by atoms with Crippen LogP contribution < -0.4 is 10.4 Å². The van der Waals surface area contributed by atoms with Crippen molar-refractivity contribution in [3.05, 3.63) is 60.2 Å². The number of benzene rings is 2. The molecule has 0 N–H and O–H groups in total. The van der Waals surface area contributed by atoms with Gasteiger partial charge in [-0.1, -0.05) is 91.2 Å². The summed E-state index contributed by atoms with van der Waals surface area (Å²) in [5.74, 6) is 0. The fourth-order valence-electron chi connectivity index (χ4n) is 2.76. The van der Waals surface area contributed by atoms with Gasteiger partial charge in [0.2, 0.25) is 0 Å². The Hall–Kier alpha value is -1.17. The highest BCUT2D eigenvalue weighted by atomic mass is 29.3. The molecule has 0 saturated heterocycles. The van der Waals surface area contributed by atoms with E-state index >= 15 is 0 Å². The smallest absolute Gasteiger partial charge is 0.0791 e. The van der Waals surface area contributed by atoms with E-state index in [1.54, 1.807) is 17.5 Å². The lowest BCUT2D eigenvalue weighted by Gasteiger charge is -2.39. The van der Waals surface area contributed by atoms with Crippen LogP contribution in [0.15, 0.2) is 54.6 Å². The topological polar surface area (TPSA) is 9.23 Å².